The Morgan fingerprint density at radius 2 is 2.17 bits per heavy atom. The molecular formula is C12H10Cl2N2OS. The molecule has 0 unspecified atom stereocenters. The minimum atomic E-state index is -0.195. The summed E-state index contributed by atoms with van der Waals surface area (Å²) in [5, 5.41) is 6.48. The topological polar surface area (TPSA) is 42.0 Å². The fraction of sp³-hybridized carbons (Fsp3) is 0.167. The number of hydrogen-bond donors (Lipinski definition) is 1. The molecule has 1 heterocycles. The Morgan fingerprint density at radius 1 is 1.39 bits per heavy atom. The van der Waals surface area contributed by atoms with Gasteiger partial charge >= 0.3 is 0 Å². The van der Waals surface area contributed by atoms with E-state index in [0.717, 1.165) is 10.7 Å². The standard InChI is InChI=1S/C12H10Cl2N2OS/c1-7-16-9(6-18-7)5-15-12(17)8-2-3-10(13)11(14)4-8/h2-4,6H,5H2,1H3,(H,15,17). The average molecular weight is 301 g/mol. The Labute approximate surface area is 119 Å². The van der Waals surface area contributed by atoms with Gasteiger partial charge in [-0.05, 0) is 25.1 Å². The normalized spacial score (nSPS) is 10.4. The van der Waals surface area contributed by atoms with Crippen LogP contribution in [0.25, 0.3) is 0 Å². The van der Waals surface area contributed by atoms with Crippen molar-refractivity contribution in [2.75, 3.05) is 0 Å². The van der Waals surface area contributed by atoms with Crippen LogP contribution < -0.4 is 5.32 Å². The smallest absolute Gasteiger partial charge is 0.251 e. The highest BCUT2D eigenvalue weighted by molar-refractivity contribution is 7.09. The van der Waals surface area contributed by atoms with Crippen LogP contribution in [0.1, 0.15) is 21.1 Å². The molecule has 0 saturated heterocycles. The molecule has 94 valence electrons. The van der Waals surface area contributed by atoms with Gasteiger partial charge in [-0.3, -0.25) is 4.79 Å². The fourth-order valence-corrected chi connectivity index (χ4v) is 2.31. The van der Waals surface area contributed by atoms with Crippen molar-refractivity contribution in [2.24, 2.45) is 0 Å². The Morgan fingerprint density at radius 3 is 2.78 bits per heavy atom. The summed E-state index contributed by atoms with van der Waals surface area (Å²) in [6.07, 6.45) is 0. The third-order valence-electron chi connectivity index (χ3n) is 2.28. The molecule has 0 aliphatic rings. The van der Waals surface area contributed by atoms with Crippen molar-refractivity contribution in [3.05, 3.63) is 49.9 Å². The Balaban J connectivity index is 2.01. The first-order chi connectivity index (χ1) is 8.56. The van der Waals surface area contributed by atoms with E-state index in [9.17, 15) is 4.79 Å². The third-order valence-corrected chi connectivity index (χ3v) is 3.84. The van der Waals surface area contributed by atoms with Crippen LogP contribution in [0.4, 0.5) is 0 Å². The molecule has 6 heteroatoms. The number of carbonyl (C=O) groups is 1. The van der Waals surface area contributed by atoms with E-state index in [2.05, 4.69) is 10.3 Å². The van der Waals surface area contributed by atoms with Crippen LogP contribution in [0.3, 0.4) is 0 Å². The zero-order chi connectivity index (χ0) is 13.1. The van der Waals surface area contributed by atoms with Crippen molar-refractivity contribution in [3.8, 4) is 0 Å². The zero-order valence-electron chi connectivity index (χ0n) is 9.54. The summed E-state index contributed by atoms with van der Waals surface area (Å²) in [5.74, 6) is -0.195. The van der Waals surface area contributed by atoms with E-state index in [-0.39, 0.29) is 5.91 Å². The number of rotatable bonds is 3. The Hall–Kier alpha value is -1.10. The number of benzene rings is 1. The first-order valence-electron chi connectivity index (χ1n) is 5.20. The Bertz CT molecular complexity index is 583. The summed E-state index contributed by atoms with van der Waals surface area (Å²) in [5.41, 5.74) is 1.34. The quantitative estimate of drug-likeness (QED) is 0.939. The van der Waals surface area contributed by atoms with Gasteiger partial charge in [0.1, 0.15) is 0 Å². The Kier molecular flexibility index (Phi) is 4.22. The summed E-state index contributed by atoms with van der Waals surface area (Å²) >= 11 is 13.2. The molecule has 3 nitrogen and oxygen atoms in total. The van der Waals surface area contributed by atoms with E-state index in [0.29, 0.717) is 22.2 Å². The molecule has 1 amide bonds. The lowest BCUT2D eigenvalue weighted by atomic mass is 10.2. The van der Waals surface area contributed by atoms with Crippen LogP contribution in [0.2, 0.25) is 10.0 Å². The molecule has 1 N–H and O–H groups in total. The lowest BCUT2D eigenvalue weighted by Gasteiger charge is -2.04. The van der Waals surface area contributed by atoms with Crippen LogP contribution in [0.5, 0.6) is 0 Å². The molecule has 0 saturated carbocycles. The maximum atomic E-state index is 11.9. The van der Waals surface area contributed by atoms with Crippen molar-refractivity contribution < 1.29 is 4.79 Å². The number of aryl methyl sites for hydroxylation is 1. The molecule has 0 radical (unpaired) electrons. The lowest BCUT2D eigenvalue weighted by molar-refractivity contribution is 0.0950. The van der Waals surface area contributed by atoms with Crippen LogP contribution in [-0.4, -0.2) is 10.9 Å². The van der Waals surface area contributed by atoms with Crippen LogP contribution in [0, 0.1) is 6.92 Å². The van der Waals surface area contributed by atoms with Gasteiger partial charge in [0.05, 0.1) is 27.3 Å². The van der Waals surface area contributed by atoms with Gasteiger partial charge in [0, 0.05) is 10.9 Å². The highest BCUT2D eigenvalue weighted by Gasteiger charge is 2.08. The second-order valence-electron chi connectivity index (χ2n) is 3.67. The highest BCUT2D eigenvalue weighted by Crippen LogP contribution is 2.22. The van der Waals surface area contributed by atoms with E-state index in [1.807, 2.05) is 12.3 Å². The van der Waals surface area contributed by atoms with Crippen molar-refractivity contribution >= 4 is 40.4 Å². The molecule has 0 spiro atoms. The second-order valence-corrected chi connectivity index (χ2v) is 5.55. The summed E-state index contributed by atoms with van der Waals surface area (Å²) in [6, 6.07) is 4.78. The van der Waals surface area contributed by atoms with E-state index < -0.39 is 0 Å². The zero-order valence-corrected chi connectivity index (χ0v) is 11.9. The fourth-order valence-electron chi connectivity index (χ4n) is 1.40. The molecule has 0 aliphatic carbocycles. The molecule has 1 aromatic carbocycles. The number of hydrogen-bond acceptors (Lipinski definition) is 3. The molecule has 2 rings (SSSR count). The van der Waals surface area contributed by atoms with E-state index in [1.54, 1.807) is 29.5 Å². The van der Waals surface area contributed by atoms with Crippen LogP contribution in [0.15, 0.2) is 23.6 Å². The second kappa shape index (κ2) is 5.69. The van der Waals surface area contributed by atoms with E-state index in [4.69, 9.17) is 23.2 Å². The van der Waals surface area contributed by atoms with Gasteiger partial charge in [0.25, 0.3) is 5.91 Å². The summed E-state index contributed by atoms with van der Waals surface area (Å²) in [4.78, 5) is 16.1. The number of nitrogens with one attached hydrogen (secondary N) is 1. The van der Waals surface area contributed by atoms with Gasteiger partial charge < -0.3 is 5.32 Å². The number of halogens is 2. The van der Waals surface area contributed by atoms with Gasteiger partial charge in [-0.2, -0.15) is 0 Å². The lowest BCUT2D eigenvalue weighted by Crippen LogP contribution is -2.22. The number of amides is 1. The molecule has 0 aliphatic heterocycles. The maximum absolute atomic E-state index is 11.9. The minimum Gasteiger partial charge on any atom is -0.346 e. The van der Waals surface area contributed by atoms with Crippen molar-refractivity contribution in [1.82, 2.24) is 10.3 Å². The van der Waals surface area contributed by atoms with Crippen LogP contribution >= 0.6 is 34.5 Å². The number of aromatic nitrogens is 1. The number of carbonyl (C=O) groups excluding carboxylic acids is 1. The largest absolute Gasteiger partial charge is 0.346 e. The van der Waals surface area contributed by atoms with Crippen LogP contribution in [-0.2, 0) is 6.54 Å². The molecule has 0 bridgehead atoms. The monoisotopic (exact) mass is 300 g/mol. The summed E-state index contributed by atoms with van der Waals surface area (Å²) in [6.45, 7) is 2.33. The number of nitrogens with zero attached hydrogens (tertiary/aromatic N) is 1. The SMILES string of the molecule is Cc1nc(CNC(=O)c2ccc(Cl)c(Cl)c2)cs1. The molecule has 2 aromatic rings. The van der Waals surface area contributed by atoms with Gasteiger partial charge in [-0.25, -0.2) is 4.98 Å². The maximum Gasteiger partial charge on any atom is 0.251 e. The first kappa shape index (κ1) is 13.3. The number of thiazole rings is 1. The summed E-state index contributed by atoms with van der Waals surface area (Å²) in [7, 11) is 0. The van der Waals surface area contributed by atoms with Gasteiger partial charge in [0.15, 0.2) is 0 Å². The predicted octanol–water partition coefficient (Wildman–Crippen LogP) is 3.69. The summed E-state index contributed by atoms with van der Waals surface area (Å²) < 4.78 is 0. The molecule has 0 fully saturated rings. The molecule has 1 aromatic heterocycles. The van der Waals surface area contributed by atoms with Gasteiger partial charge in [-0.15, -0.1) is 11.3 Å². The molecule has 18 heavy (non-hydrogen) atoms. The van der Waals surface area contributed by atoms with E-state index in [1.165, 1.54) is 0 Å². The third kappa shape index (κ3) is 3.22. The first-order valence-corrected chi connectivity index (χ1v) is 6.84. The predicted molar refractivity (Wildman–Crippen MR) is 74.5 cm³/mol. The van der Waals surface area contributed by atoms with Crippen molar-refractivity contribution in [1.29, 1.82) is 0 Å². The molecular weight excluding hydrogens is 291 g/mol. The molecule has 0 atom stereocenters. The average Bonchev–Trinajstić information content (AvgIpc) is 2.75. The van der Waals surface area contributed by atoms with Crippen molar-refractivity contribution in [3.63, 3.8) is 0 Å². The van der Waals surface area contributed by atoms with Crippen molar-refractivity contribution in [2.45, 2.75) is 13.5 Å². The minimum absolute atomic E-state index is 0.195. The van der Waals surface area contributed by atoms with E-state index >= 15 is 0 Å². The van der Waals surface area contributed by atoms with Gasteiger partial charge in [-0.1, -0.05) is 23.2 Å². The highest BCUT2D eigenvalue weighted by atomic mass is 35.5. The van der Waals surface area contributed by atoms with Gasteiger partial charge in [0.2, 0.25) is 0 Å².